The number of aldehydes is 1. The molecule has 0 saturated heterocycles. The Bertz CT molecular complexity index is 2300. The number of rotatable bonds is 7. The molecule has 1 heterocycles. The molecule has 1 aromatic heterocycles. The zero-order chi connectivity index (χ0) is 34.3. The summed E-state index contributed by atoms with van der Waals surface area (Å²) in [5.74, 6) is -8.08. The minimum absolute atomic E-state index is 0.0340. The van der Waals surface area contributed by atoms with Crippen LogP contribution in [0.4, 0.5) is 30.7 Å². The summed E-state index contributed by atoms with van der Waals surface area (Å²) >= 11 is 1.00. The van der Waals surface area contributed by atoms with Crippen molar-refractivity contribution in [1.29, 1.82) is 10.5 Å². The van der Waals surface area contributed by atoms with Crippen LogP contribution in [0.3, 0.4) is 0 Å². The molecule has 236 valence electrons. The van der Waals surface area contributed by atoms with Gasteiger partial charge >= 0.3 is 0 Å². The lowest BCUT2D eigenvalue weighted by molar-refractivity contribution is 0.111. The molecule has 0 bridgehead atoms. The van der Waals surface area contributed by atoms with E-state index in [-0.39, 0.29) is 56.3 Å². The van der Waals surface area contributed by atoms with E-state index in [9.17, 15) is 37.3 Å². The molecule has 0 spiro atoms. The van der Waals surface area contributed by atoms with E-state index in [0.29, 0.717) is 10.4 Å². The van der Waals surface area contributed by atoms with E-state index in [2.05, 4.69) is 0 Å². The summed E-state index contributed by atoms with van der Waals surface area (Å²) in [4.78, 5) is 11.6. The summed E-state index contributed by atoms with van der Waals surface area (Å²) in [5.41, 5.74) is -2.09. The van der Waals surface area contributed by atoms with Gasteiger partial charge in [-0.25, -0.2) is 30.7 Å². The third-order valence-corrected chi connectivity index (χ3v) is 8.66. The predicted octanol–water partition coefficient (Wildman–Crippen LogP) is 10.4. The number of hydrogen-bond acceptors (Lipinski definition) is 4. The van der Waals surface area contributed by atoms with Gasteiger partial charge in [0.15, 0.2) is 29.6 Å². The van der Waals surface area contributed by atoms with Crippen LogP contribution in [-0.4, -0.2) is 10.3 Å². The third-order valence-electron chi connectivity index (χ3n) is 7.61. The molecule has 0 aliphatic heterocycles. The largest absolute Gasteiger partial charge is 0.298 e. The van der Waals surface area contributed by atoms with E-state index in [1.54, 1.807) is 3.97 Å². The van der Waals surface area contributed by atoms with Crippen molar-refractivity contribution in [2.24, 2.45) is 0 Å². The van der Waals surface area contributed by atoms with Crippen molar-refractivity contribution in [1.82, 2.24) is 3.97 Å². The predicted molar refractivity (Wildman–Crippen MR) is 166 cm³/mol. The average Bonchev–Trinajstić information content (AvgIpc) is 3.39. The van der Waals surface area contributed by atoms with Gasteiger partial charge in [0.05, 0.1) is 45.6 Å². The van der Waals surface area contributed by atoms with Crippen LogP contribution in [0.15, 0.2) is 89.8 Å². The van der Waals surface area contributed by atoms with Crippen molar-refractivity contribution in [3.63, 3.8) is 0 Å². The van der Waals surface area contributed by atoms with E-state index in [1.165, 1.54) is 78.9 Å². The first-order valence-electron chi connectivity index (χ1n) is 13.9. The Morgan fingerprint density at radius 1 is 0.688 bits per heavy atom. The molecule has 0 fully saturated rings. The second-order valence-electron chi connectivity index (χ2n) is 10.3. The van der Waals surface area contributed by atoms with Crippen LogP contribution in [0.1, 0.15) is 33.5 Å². The van der Waals surface area contributed by atoms with Crippen molar-refractivity contribution >= 4 is 29.1 Å². The highest BCUT2D eigenvalue weighted by molar-refractivity contribution is 7.98. The van der Waals surface area contributed by atoms with Crippen molar-refractivity contribution in [2.45, 2.75) is 11.3 Å². The lowest BCUT2D eigenvalue weighted by Crippen LogP contribution is -2.05. The first-order chi connectivity index (χ1) is 23.1. The minimum Gasteiger partial charge on any atom is -0.298 e. The molecular weight excluding hydrogens is 655 g/mol. The molecular formula is C36H16F7N3OS. The Morgan fingerprint density at radius 2 is 1.29 bits per heavy atom. The van der Waals surface area contributed by atoms with Gasteiger partial charge in [-0.1, -0.05) is 36.4 Å². The number of carbonyl (C=O) groups is 1. The van der Waals surface area contributed by atoms with Gasteiger partial charge in [0.2, 0.25) is 0 Å². The highest BCUT2D eigenvalue weighted by Gasteiger charge is 2.29. The van der Waals surface area contributed by atoms with Gasteiger partial charge < -0.3 is 0 Å². The Kier molecular flexibility index (Phi) is 8.52. The number of benzene rings is 5. The first-order valence-corrected chi connectivity index (χ1v) is 14.6. The van der Waals surface area contributed by atoms with E-state index in [1.807, 2.05) is 12.1 Å². The van der Waals surface area contributed by atoms with Crippen LogP contribution in [0.2, 0.25) is 0 Å². The van der Waals surface area contributed by atoms with Crippen molar-refractivity contribution in [3.8, 4) is 45.6 Å². The molecule has 48 heavy (non-hydrogen) atoms. The summed E-state index contributed by atoms with van der Waals surface area (Å²) in [5, 5.41) is 20.3. The van der Waals surface area contributed by atoms with Crippen molar-refractivity contribution in [2.75, 3.05) is 0 Å². The number of alkyl halides is 2. The second kappa shape index (κ2) is 12.7. The van der Waals surface area contributed by atoms with Crippen LogP contribution in [-0.2, 0) is 0 Å². The van der Waals surface area contributed by atoms with Gasteiger partial charge in [-0.3, -0.25) is 8.77 Å². The maximum Gasteiger partial charge on any atom is 0.263 e. The summed E-state index contributed by atoms with van der Waals surface area (Å²) in [7, 11) is 0. The maximum atomic E-state index is 15.2. The number of aromatic nitrogens is 1. The van der Waals surface area contributed by atoms with Gasteiger partial charge in [-0.05, 0) is 66.0 Å². The molecule has 6 aromatic rings. The van der Waals surface area contributed by atoms with Crippen molar-refractivity contribution < 1.29 is 35.5 Å². The van der Waals surface area contributed by atoms with Crippen LogP contribution in [0.25, 0.3) is 44.4 Å². The Balaban J connectivity index is 1.72. The maximum absolute atomic E-state index is 15.2. The molecule has 0 radical (unpaired) electrons. The molecule has 0 saturated carbocycles. The Labute approximate surface area is 272 Å². The molecule has 0 amide bonds. The SMILES string of the molecule is N#Cc1cccc(C#N)c1-c1c(-c2cccc(-c3c(F)c(F)c(C=O)c(F)c3F)c2)n(Sc2ccc(C(F)F)cc2)c2ccc(F)cc12. The van der Waals surface area contributed by atoms with Crippen LogP contribution >= 0.6 is 11.9 Å². The average molecular weight is 672 g/mol. The molecule has 4 nitrogen and oxygen atoms in total. The van der Waals surface area contributed by atoms with Gasteiger partial charge in [-0.2, -0.15) is 10.5 Å². The summed E-state index contributed by atoms with van der Waals surface area (Å²) in [6.07, 6.45) is -3.07. The first kappa shape index (κ1) is 32.1. The molecule has 12 heteroatoms. The summed E-state index contributed by atoms with van der Waals surface area (Å²) < 4.78 is 103. The molecule has 5 aromatic carbocycles. The molecule has 0 aliphatic carbocycles. The minimum atomic E-state index is -2.73. The van der Waals surface area contributed by atoms with Gasteiger partial charge in [0.25, 0.3) is 6.43 Å². The molecule has 0 atom stereocenters. The highest BCUT2D eigenvalue weighted by Crippen LogP contribution is 2.47. The van der Waals surface area contributed by atoms with Gasteiger partial charge in [-0.15, -0.1) is 0 Å². The molecule has 0 N–H and O–H groups in total. The van der Waals surface area contributed by atoms with E-state index < -0.39 is 46.6 Å². The molecule has 0 aliphatic rings. The molecule has 6 rings (SSSR count). The van der Waals surface area contributed by atoms with E-state index in [0.717, 1.165) is 18.0 Å². The smallest absolute Gasteiger partial charge is 0.263 e. The fourth-order valence-electron chi connectivity index (χ4n) is 5.46. The van der Waals surface area contributed by atoms with Crippen molar-refractivity contribution in [3.05, 3.63) is 136 Å². The van der Waals surface area contributed by atoms with Crippen LogP contribution in [0, 0.1) is 51.7 Å². The lowest BCUT2D eigenvalue weighted by Gasteiger charge is -2.15. The Morgan fingerprint density at radius 3 is 1.88 bits per heavy atom. The van der Waals surface area contributed by atoms with Gasteiger partial charge in [0, 0.05) is 32.5 Å². The quantitative estimate of drug-likeness (QED) is 0.0962. The zero-order valence-corrected chi connectivity index (χ0v) is 24.9. The van der Waals surface area contributed by atoms with E-state index in [4.69, 9.17) is 0 Å². The number of halogens is 7. The van der Waals surface area contributed by atoms with Gasteiger partial charge in [0.1, 0.15) is 5.82 Å². The summed E-state index contributed by atoms with van der Waals surface area (Å²) in [6, 6.07) is 22.7. The lowest BCUT2D eigenvalue weighted by atomic mass is 9.90. The standard InChI is InChI=1S/C36H16F7N3OS/c37-23-9-12-27-25(14-23)30(28-21(15-44)5-2-6-22(28)16-45)35(46(27)48-24-10-7-18(8-11-24)36(42)43)20-4-1-3-19(13-20)29-33(40)31(38)26(17-47)32(39)34(29)41/h1-14,17,36H. The monoisotopic (exact) mass is 671 g/mol. The highest BCUT2D eigenvalue weighted by atomic mass is 32.2. The fourth-order valence-corrected chi connectivity index (χ4v) is 6.47. The number of carbonyl (C=O) groups excluding carboxylic acids is 1. The Hall–Kier alpha value is -5.85. The summed E-state index contributed by atoms with van der Waals surface area (Å²) in [6.45, 7) is 0. The van der Waals surface area contributed by atoms with Crippen LogP contribution < -0.4 is 0 Å². The second-order valence-corrected chi connectivity index (χ2v) is 11.4. The zero-order valence-electron chi connectivity index (χ0n) is 24.0. The number of nitriles is 2. The normalized spacial score (nSPS) is 11.1. The van der Waals surface area contributed by atoms with Crippen LogP contribution in [0.5, 0.6) is 0 Å². The third kappa shape index (κ3) is 5.36. The number of hydrogen-bond donors (Lipinski definition) is 0. The van der Waals surface area contributed by atoms with E-state index >= 15 is 8.78 Å². The fraction of sp³-hybridized carbons (Fsp3) is 0.0278. The topological polar surface area (TPSA) is 69.6 Å². The number of fused-ring (bicyclic) bond motifs is 1. The number of nitrogens with zero attached hydrogens (tertiary/aromatic N) is 3. The molecule has 0 unspecified atom stereocenters.